The minimum Gasteiger partial charge on any atom is -0.494 e. The molecule has 0 radical (unpaired) electrons. The Bertz CT molecular complexity index is 670. The van der Waals surface area contributed by atoms with E-state index in [0.717, 1.165) is 17.9 Å². The zero-order valence-corrected chi connectivity index (χ0v) is 17.2. The van der Waals surface area contributed by atoms with Gasteiger partial charge in [0.05, 0.1) is 25.9 Å². The Balaban J connectivity index is 1.58. The first-order valence-corrected chi connectivity index (χ1v) is 11.1. The smallest absolute Gasteiger partial charge is 0.274 e. The van der Waals surface area contributed by atoms with Crippen LogP contribution in [0, 0.1) is 0 Å². The fourth-order valence-electron chi connectivity index (χ4n) is 3.05. The summed E-state index contributed by atoms with van der Waals surface area (Å²) in [5.41, 5.74) is 0.241. The molecule has 0 aliphatic carbocycles. The van der Waals surface area contributed by atoms with Gasteiger partial charge in [-0.15, -0.1) is 23.5 Å². The normalized spacial score (nSPS) is 22.1. The van der Waals surface area contributed by atoms with Crippen molar-refractivity contribution in [2.75, 3.05) is 38.3 Å². The number of carbonyl (C=O) groups excluding carboxylic acids is 2. The van der Waals surface area contributed by atoms with Crippen LogP contribution in [-0.4, -0.2) is 76.7 Å². The Kier molecular flexibility index (Phi) is 7.26. The summed E-state index contributed by atoms with van der Waals surface area (Å²) in [7, 11) is 1.51. The van der Waals surface area contributed by atoms with Gasteiger partial charge in [-0.1, -0.05) is 0 Å². The minimum absolute atomic E-state index is 0.0137. The maximum Gasteiger partial charge on any atom is 0.274 e. The van der Waals surface area contributed by atoms with Gasteiger partial charge >= 0.3 is 0 Å². The molecule has 2 amide bonds. The van der Waals surface area contributed by atoms with Crippen LogP contribution < -0.4 is 10.1 Å². The number of ether oxygens (including phenoxy) is 2. The van der Waals surface area contributed by atoms with E-state index in [2.05, 4.69) is 10.3 Å². The second kappa shape index (κ2) is 9.66. The van der Waals surface area contributed by atoms with Gasteiger partial charge in [0, 0.05) is 19.3 Å². The monoisotopic (exact) mass is 411 g/mol. The van der Waals surface area contributed by atoms with Crippen molar-refractivity contribution in [3.05, 3.63) is 24.0 Å². The lowest BCUT2D eigenvalue weighted by atomic mass is 10.1. The zero-order valence-electron chi connectivity index (χ0n) is 15.6. The van der Waals surface area contributed by atoms with Gasteiger partial charge in [-0.25, -0.2) is 4.98 Å². The highest BCUT2D eigenvalue weighted by Crippen LogP contribution is 2.32. The van der Waals surface area contributed by atoms with E-state index >= 15 is 0 Å². The topological polar surface area (TPSA) is 80.8 Å². The van der Waals surface area contributed by atoms with Gasteiger partial charge in [0.1, 0.15) is 10.3 Å². The number of aromatic nitrogens is 1. The predicted molar refractivity (Wildman–Crippen MR) is 107 cm³/mol. The van der Waals surface area contributed by atoms with Crippen LogP contribution in [0.5, 0.6) is 5.75 Å². The molecule has 2 atom stereocenters. The van der Waals surface area contributed by atoms with Crippen molar-refractivity contribution in [3.8, 4) is 5.75 Å². The second-order valence-electron chi connectivity index (χ2n) is 6.44. The summed E-state index contributed by atoms with van der Waals surface area (Å²) < 4.78 is 11.0. The van der Waals surface area contributed by atoms with Crippen LogP contribution in [0.15, 0.2) is 18.3 Å². The first-order chi connectivity index (χ1) is 13.1. The Morgan fingerprint density at radius 2 is 2.19 bits per heavy atom. The van der Waals surface area contributed by atoms with Gasteiger partial charge < -0.3 is 19.7 Å². The molecule has 1 N–H and O–H groups in total. The van der Waals surface area contributed by atoms with E-state index in [9.17, 15) is 9.59 Å². The van der Waals surface area contributed by atoms with Gasteiger partial charge in [-0.2, -0.15) is 0 Å². The quantitative estimate of drug-likeness (QED) is 0.789. The average molecular weight is 412 g/mol. The number of pyridine rings is 1. The number of amides is 2. The fourth-order valence-corrected chi connectivity index (χ4v) is 5.83. The molecule has 27 heavy (non-hydrogen) atoms. The molecule has 7 nitrogen and oxygen atoms in total. The molecular weight excluding hydrogens is 386 g/mol. The van der Waals surface area contributed by atoms with Crippen LogP contribution in [0.3, 0.4) is 0 Å². The third-order valence-corrected chi connectivity index (χ3v) is 7.43. The third-order valence-electron chi connectivity index (χ3n) is 4.56. The van der Waals surface area contributed by atoms with Crippen LogP contribution in [0.1, 0.15) is 23.8 Å². The third kappa shape index (κ3) is 5.08. The molecule has 2 unspecified atom stereocenters. The minimum atomic E-state index is -0.314. The van der Waals surface area contributed by atoms with Crippen molar-refractivity contribution in [2.45, 2.75) is 30.1 Å². The SMILES string of the molecule is COc1cccnc1C(=O)NC(C)C1CN(C(=O)C2SCCCS2)CCO1. The number of carbonyl (C=O) groups is 2. The van der Waals surface area contributed by atoms with Crippen molar-refractivity contribution in [1.82, 2.24) is 15.2 Å². The van der Waals surface area contributed by atoms with Crippen molar-refractivity contribution in [3.63, 3.8) is 0 Å². The molecule has 3 heterocycles. The van der Waals surface area contributed by atoms with Gasteiger partial charge in [0.25, 0.3) is 5.91 Å². The molecule has 2 aliphatic heterocycles. The highest BCUT2D eigenvalue weighted by molar-refractivity contribution is 8.18. The number of hydrogen-bond donors (Lipinski definition) is 1. The summed E-state index contributed by atoms with van der Waals surface area (Å²) in [5, 5.41) is 2.92. The standard InChI is InChI=1S/C18H25N3O4S2/c1-12(20-16(22)15-13(24-2)5-3-6-19-15)14-11-21(7-8-25-14)17(23)18-26-9-4-10-27-18/h3,5-6,12,14,18H,4,7-11H2,1-2H3,(H,20,22). The molecule has 2 fully saturated rings. The maximum atomic E-state index is 12.8. The summed E-state index contributed by atoms with van der Waals surface area (Å²) in [6.07, 6.45) is 2.46. The van der Waals surface area contributed by atoms with Crippen molar-refractivity contribution >= 4 is 35.3 Å². The molecule has 0 spiro atoms. The van der Waals surface area contributed by atoms with Gasteiger partial charge in [-0.3, -0.25) is 9.59 Å². The molecular formula is C18H25N3O4S2. The van der Waals surface area contributed by atoms with E-state index in [1.165, 1.54) is 7.11 Å². The fraction of sp³-hybridized carbons (Fsp3) is 0.611. The van der Waals surface area contributed by atoms with Crippen LogP contribution in [-0.2, 0) is 9.53 Å². The number of nitrogens with zero attached hydrogens (tertiary/aromatic N) is 2. The first-order valence-electron chi connectivity index (χ1n) is 9.03. The van der Waals surface area contributed by atoms with Crippen molar-refractivity contribution in [2.24, 2.45) is 0 Å². The van der Waals surface area contributed by atoms with E-state index in [-0.39, 0.29) is 34.2 Å². The number of morpholine rings is 1. The maximum absolute atomic E-state index is 12.8. The Morgan fingerprint density at radius 1 is 1.41 bits per heavy atom. The molecule has 3 rings (SSSR count). The van der Waals surface area contributed by atoms with E-state index < -0.39 is 0 Å². The summed E-state index contributed by atoms with van der Waals surface area (Å²) in [6.45, 7) is 3.45. The summed E-state index contributed by atoms with van der Waals surface area (Å²) in [6, 6.07) is 3.16. The molecule has 0 bridgehead atoms. The summed E-state index contributed by atoms with van der Waals surface area (Å²) in [5.74, 6) is 2.36. The number of rotatable bonds is 5. The molecule has 2 aliphatic rings. The van der Waals surface area contributed by atoms with Crippen molar-refractivity contribution in [1.29, 1.82) is 0 Å². The van der Waals surface area contributed by atoms with E-state index in [0.29, 0.717) is 25.4 Å². The average Bonchev–Trinajstić information content (AvgIpc) is 2.73. The van der Waals surface area contributed by atoms with E-state index in [4.69, 9.17) is 9.47 Å². The van der Waals surface area contributed by atoms with Gasteiger partial charge in [-0.05, 0) is 37.0 Å². The number of hydrogen-bond acceptors (Lipinski definition) is 7. The highest BCUT2D eigenvalue weighted by atomic mass is 32.2. The second-order valence-corrected chi connectivity index (χ2v) is 9.16. The van der Waals surface area contributed by atoms with Crippen LogP contribution >= 0.6 is 23.5 Å². The lowest BCUT2D eigenvalue weighted by Gasteiger charge is -2.37. The number of thioether (sulfide) groups is 2. The van der Waals surface area contributed by atoms with Crippen LogP contribution in [0.4, 0.5) is 0 Å². The molecule has 1 aromatic rings. The molecule has 2 saturated heterocycles. The largest absolute Gasteiger partial charge is 0.494 e. The van der Waals surface area contributed by atoms with E-state index in [1.54, 1.807) is 41.9 Å². The van der Waals surface area contributed by atoms with Crippen molar-refractivity contribution < 1.29 is 19.1 Å². The van der Waals surface area contributed by atoms with Gasteiger partial charge in [0.2, 0.25) is 5.91 Å². The number of nitrogens with one attached hydrogen (secondary N) is 1. The first kappa shape index (κ1) is 20.3. The van der Waals surface area contributed by atoms with Gasteiger partial charge in [0.15, 0.2) is 5.69 Å². The molecule has 148 valence electrons. The Hall–Kier alpha value is -1.45. The molecule has 0 aromatic carbocycles. The molecule has 0 saturated carbocycles. The molecule has 1 aromatic heterocycles. The van der Waals surface area contributed by atoms with E-state index in [1.807, 2.05) is 11.8 Å². The lowest BCUT2D eigenvalue weighted by molar-refractivity contribution is -0.137. The molecule has 9 heteroatoms. The van der Waals surface area contributed by atoms with Crippen LogP contribution in [0.2, 0.25) is 0 Å². The lowest BCUT2D eigenvalue weighted by Crippen LogP contribution is -2.55. The van der Waals surface area contributed by atoms with Crippen LogP contribution in [0.25, 0.3) is 0 Å². The summed E-state index contributed by atoms with van der Waals surface area (Å²) in [4.78, 5) is 31.3. The predicted octanol–water partition coefficient (Wildman–Crippen LogP) is 1.63. The number of methoxy groups -OCH3 is 1. The zero-order chi connectivity index (χ0) is 19.2. The Morgan fingerprint density at radius 3 is 2.93 bits per heavy atom. The summed E-state index contributed by atoms with van der Waals surface area (Å²) >= 11 is 3.45. The Labute approximate surface area is 167 Å². The highest BCUT2D eigenvalue weighted by Gasteiger charge is 2.33.